The Morgan fingerprint density at radius 2 is 1.49 bits per heavy atom. The number of Topliss-reactive ketones (excluding diaryl/α,β-unsaturated/α-hetero) is 1. The molecular formula is C41H48NO8P. The minimum absolute atomic E-state index is 0.0350. The standard InChI is InChI=1S/C41H48NO8P/c1-26-22-34(49-38(45)42-36(44)31-16-18-32(46-5)19-17-31)39(4)27(2)23-41-33(43)20-21-40(41,37(39)41)28(3)35(26)50-51(47-24-29-12-8-6-9-13-29)48-25-30-14-10-7-11-15-30/h6-19,26-28,34-35,37H,20-25H2,1-5H3,(H,42,44,45)/t26-,27+,28-,34+,35+,37-,39-,40+,41?/m0/s1. The number of nitrogens with one attached hydrogen (secondary N) is 1. The summed E-state index contributed by atoms with van der Waals surface area (Å²) in [5, 5.41) is 2.45. The molecule has 0 aliphatic heterocycles. The average Bonchev–Trinajstić information content (AvgIpc) is 3.51. The van der Waals surface area contributed by atoms with Crippen molar-refractivity contribution in [3.8, 4) is 5.75 Å². The van der Waals surface area contributed by atoms with E-state index in [1.54, 1.807) is 31.4 Å². The summed E-state index contributed by atoms with van der Waals surface area (Å²) in [6.07, 6.45) is 0.925. The van der Waals surface area contributed by atoms with Crippen molar-refractivity contribution in [3.63, 3.8) is 0 Å². The van der Waals surface area contributed by atoms with Crippen molar-refractivity contribution in [2.75, 3.05) is 7.11 Å². The van der Waals surface area contributed by atoms with Crippen molar-refractivity contribution < 1.29 is 37.4 Å². The summed E-state index contributed by atoms with van der Waals surface area (Å²) in [4.78, 5) is 40.5. The van der Waals surface area contributed by atoms with E-state index < -0.39 is 37.5 Å². The highest BCUT2D eigenvalue weighted by Crippen LogP contribution is 2.91. The summed E-state index contributed by atoms with van der Waals surface area (Å²) >= 11 is 0. The molecule has 2 spiro atoms. The van der Waals surface area contributed by atoms with Gasteiger partial charge in [-0.15, -0.1) is 0 Å². The highest BCUT2D eigenvalue weighted by molar-refractivity contribution is 7.41. The van der Waals surface area contributed by atoms with E-state index in [4.69, 9.17) is 23.0 Å². The number of methoxy groups -OCH3 is 1. The van der Waals surface area contributed by atoms with Gasteiger partial charge in [0.1, 0.15) is 17.6 Å². The summed E-state index contributed by atoms with van der Waals surface area (Å²) < 4.78 is 31.3. The van der Waals surface area contributed by atoms with Crippen LogP contribution < -0.4 is 10.1 Å². The van der Waals surface area contributed by atoms with E-state index >= 15 is 0 Å². The van der Waals surface area contributed by atoms with Gasteiger partial charge in [-0.1, -0.05) is 88.4 Å². The first-order valence-corrected chi connectivity index (χ1v) is 19.1. The van der Waals surface area contributed by atoms with Crippen molar-refractivity contribution in [2.24, 2.45) is 39.9 Å². The first-order chi connectivity index (χ1) is 24.5. The Morgan fingerprint density at radius 3 is 2.08 bits per heavy atom. The van der Waals surface area contributed by atoms with Crippen molar-refractivity contribution in [1.29, 1.82) is 0 Å². The smallest absolute Gasteiger partial charge is 0.414 e. The quantitative estimate of drug-likeness (QED) is 0.197. The van der Waals surface area contributed by atoms with Crippen LogP contribution >= 0.6 is 8.60 Å². The summed E-state index contributed by atoms with van der Waals surface area (Å²) in [6.45, 7) is 9.42. The Morgan fingerprint density at radius 1 is 0.882 bits per heavy atom. The van der Waals surface area contributed by atoms with Gasteiger partial charge in [0.2, 0.25) is 0 Å². The fraction of sp³-hybridized carbons (Fsp3) is 0.488. The Bertz CT molecular complexity index is 1700. The second-order valence-electron chi connectivity index (χ2n) is 15.2. The third-order valence-corrected chi connectivity index (χ3v) is 14.0. The normalized spacial score (nSPS) is 33.5. The van der Waals surface area contributed by atoms with Crippen LogP contribution in [0.25, 0.3) is 0 Å². The van der Waals surface area contributed by atoms with Gasteiger partial charge < -0.3 is 23.0 Å². The number of rotatable bonds is 11. The Labute approximate surface area is 301 Å². The molecule has 1 N–H and O–H groups in total. The zero-order chi connectivity index (χ0) is 36.0. The molecular weight excluding hydrogens is 665 g/mol. The number of hydrogen-bond acceptors (Lipinski definition) is 8. The summed E-state index contributed by atoms with van der Waals surface area (Å²) in [6, 6.07) is 26.4. The molecule has 9 atom stereocenters. The number of ether oxygens (including phenoxy) is 2. The third kappa shape index (κ3) is 6.10. The van der Waals surface area contributed by atoms with E-state index in [0.717, 1.165) is 24.0 Å². The fourth-order valence-corrected chi connectivity index (χ4v) is 11.7. The molecule has 270 valence electrons. The number of amides is 2. The molecule has 4 aliphatic carbocycles. The van der Waals surface area contributed by atoms with Crippen molar-refractivity contribution in [3.05, 3.63) is 102 Å². The number of imide groups is 1. The van der Waals surface area contributed by atoms with E-state index in [1.807, 2.05) is 60.7 Å². The maximum Gasteiger partial charge on any atom is 0.414 e. The van der Waals surface area contributed by atoms with Gasteiger partial charge in [0, 0.05) is 22.8 Å². The lowest BCUT2D eigenvalue weighted by atomic mass is 9.60. The Hall–Kier alpha value is -3.62. The van der Waals surface area contributed by atoms with Gasteiger partial charge in [0.05, 0.1) is 26.4 Å². The largest absolute Gasteiger partial charge is 0.497 e. The lowest BCUT2D eigenvalue weighted by Crippen LogP contribution is -2.51. The average molecular weight is 714 g/mol. The first-order valence-electron chi connectivity index (χ1n) is 18.0. The van der Waals surface area contributed by atoms with Gasteiger partial charge in [0.15, 0.2) is 0 Å². The van der Waals surface area contributed by atoms with Crippen molar-refractivity contribution in [2.45, 2.75) is 78.8 Å². The molecule has 3 aromatic rings. The van der Waals surface area contributed by atoms with Gasteiger partial charge in [0.25, 0.3) is 5.91 Å². The molecule has 7 rings (SSSR count). The fourth-order valence-electron chi connectivity index (χ4n) is 10.4. The molecule has 9 nitrogen and oxygen atoms in total. The number of hydrogen-bond donors (Lipinski definition) is 1. The molecule has 0 saturated heterocycles. The van der Waals surface area contributed by atoms with Gasteiger partial charge in [-0.2, -0.15) is 0 Å². The van der Waals surface area contributed by atoms with Gasteiger partial charge in [-0.05, 0) is 83.7 Å². The zero-order valence-corrected chi connectivity index (χ0v) is 30.9. The predicted molar refractivity (Wildman–Crippen MR) is 192 cm³/mol. The summed E-state index contributed by atoms with van der Waals surface area (Å²) in [5.41, 5.74) is 1.15. The second kappa shape index (κ2) is 14.1. The lowest BCUT2D eigenvalue weighted by Gasteiger charge is -2.49. The second-order valence-corrected chi connectivity index (χ2v) is 16.4. The number of alkyl carbamates (subject to hydrolysis) is 1. The molecule has 3 aromatic carbocycles. The van der Waals surface area contributed by atoms with Crippen molar-refractivity contribution in [1.82, 2.24) is 5.32 Å². The molecule has 1 unspecified atom stereocenters. The summed E-state index contributed by atoms with van der Waals surface area (Å²) in [5.74, 6) is 0.513. The van der Waals surface area contributed by atoms with Crippen LogP contribution in [0.1, 0.15) is 74.9 Å². The Kier molecular flexibility index (Phi) is 9.87. The van der Waals surface area contributed by atoms with Crippen LogP contribution in [0.15, 0.2) is 84.9 Å². The topological polar surface area (TPSA) is 109 Å². The highest BCUT2D eigenvalue weighted by atomic mass is 31.2. The molecule has 0 bridgehead atoms. The first kappa shape index (κ1) is 35.8. The maximum atomic E-state index is 14.0. The monoisotopic (exact) mass is 713 g/mol. The van der Waals surface area contributed by atoms with Crippen molar-refractivity contribution >= 4 is 26.4 Å². The van der Waals surface area contributed by atoms with Crippen LogP contribution in [0, 0.1) is 39.9 Å². The molecule has 0 aromatic heterocycles. The number of ketones is 1. The number of carbonyl (C=O) groups is 3. The van der Waals surface area contributed by atoms with Crippen LogP contribution in [-0.4, -0.2) is 37.1 Å². The predicted octanol–water partition coefficient (Wildman–Crippen LogP) is 8.66. The number of benzene rings is 3. The van der Waals surface area contributed by atoms with Gasteiger partial charge in [-0.3, -0.25) is 14.9 Å². The van der Waals surface area contributed by atoms with Crippen LogP contribution in [0.4, 0.5) is 4.79 Å². The molecule has 2 amide bonds. The third-order valence-electron chi connectivity index (χ3n) is 12.9. The Balaban J connectivity index is 1.16. The lowest BCUT2D eigenvalue weighted by molar-refractivity contribution is -0.123. The molecule has 0 heterocycles. The molecule has 10 heteroatoms. The van der Waals surface area contributed by atoms with Crippen LogP contribution in [0.2, 0.25) is 0 Å². The molecule has 4 aliphatic rings. The maximum absolute atomic E-state index is 14.0. The van der Waals surface area contributed by atoms with E-state index in [-0.39, 0.29) is 35.2 Å². The van der Waals surface area contributed by atoms with E-state index in [1.165, 1.54) is 0 Å². The molecule has 0 radical (unpaired) electrons. The summed E-state index contributed by atoms with van der Waals surface area (Å²) in [7, 11) is -0.248. The minimum atomic E-state index is -1.80. The molecule has 51 heavy (non-hydrogen) atoms. The minimum Gasteiger partial charge on any atom is -0.497 e. The molecule has 4 saturated carbocycles. The van der Waals surface area contributed by atoms with E-state index in [9.17, 15) is 14.4 Å². The van der Waals surface area contributed by atoms with Crippen LogP contribution in [0.3, 0.4) is 0 Å². The van der Waals surface area contributed by atoms with Gasteiger partial charge >= 0.3 is 14.7 Å². The van der Waals surface area contributed by atoms with E-state index in [2.05, 4.69) is 33.0 Å². The SMILES string of the molecule is COc1ccc(C(=O)NC(=O)O[C@@H]2C[C@H](C)[C@@H](OP(OCc3ccccc3)OCc3ccccc3)[C@H](C)[C@@]34CCC(=O)C35C[C@@H](C)[C@]2(C)[C@H]54)cc1. The van der Waals surface area contributed by atoms with Crippen LogP contribution in [0.5, 0.6) is 5.75 Å². The highest BCUT2D eigenvalue weighted by Gasteiger charge is 2.92. The van der Waals surface area contributed by atoms with E-state index in [0.29, 0.717) is 43.2 Å². The number of carbonyl (C=O) groups excluding carboxylic acids is 3. The zero-order valence-electron chi connectivity index (χ0n) is 30.0. The van der Waals surface area contributed by atoms with Crippen LogP contribution in [-0.2, 0) is 36.3 Å². The molecule has 4 fully saturated rings. The van der Waals surface area contributed by atoms with Gasteiger partial charge in [-0.25, -0.2) is 4.79 Å².